The van der Waals surface area contributed by atoms with Gasteiger partial charge in [0.2, 0.25) is 5.91 Å². The molecule has 0 saturated heterocycles. The van der Waals surface area contributed by atoms with Gasteiger partial charge in [-0.15, -0.1) is 0 Å². The normalized spacial score (nSPS) is 16.6. The highest BCUT2D eigenvalue weighted by Crippen LogP contribution is 2.38. The molecule has 1 aliphatic rings. The van der Waals surface area contributed by atoms with Crippen molar-refractivity contribution in [2.45, 2.75) is 64.1 Å². The number of benzene rings is 3. The summed E-state index contributed by atoms with van der Waals surface area (Å²) in [4.78, 5) is 11.8. The van der Waals surface area contributed by atoms with Crippen molar-refractivity contribution in [3.8, 4) is 11.1 Å². The van der Waals surface area contributed by atoms with Crippen LogP contribution in [0.25, 0.3) is 11.1 Å². The summed E-state index contributed by atoms with van der Waals surface area (Å²) in [5, 5.41) is 17.3. The van der Waals surface area contributed by atoms with Crippen LogP contribution in [0.1, 0.15) is 55.0 Å². The molecule has 7 heteroatoms. The van der Waals surface area contributed by atoms with Crippen LogP contribution in [0.3, 0.4) is 0 Å². The van der Waals surface area contributed by atoms with Gasteiger partial charge in [0.15, 0.2) is 0 Å². The first-order chi connectivity index (χ1) is 17.7. The minimum atomic E-state index is -0.955. The Morgan fingerprint density at radius 2 is 1.86 bits per heavy atom. The number of hydrogen-bond acceptors (Lipinski definition) is 4. The molecule has 3 aromatic rings. The molecule has 0 bridgehead atoms. The summed E-state index contributed by atoms with van der Waals surface area (Å²) in [7, 11) is 0. The van der Waals surface area contributed by atoms with Crippen molar-refractivity contribution < 1.29 is 18.7 Å². The molecule has 3 unspecified atom stereocenters. The molecule has 4 rings (SSSR count). The molecule has 5 nitrogen and oxygen atoms in total. The first-order valence-electron chi connectivity index (χ1n) is 12.9. The number of aliphatic hydroxyl groups is 1. The van der Waals surface area contributed by atoms with Crippen molar-refractivity contribution in [1.29, 1.82) is 0 Å². The first kappa shape index (κ1) is 26.8. The number of nitrogens with two attached hydrogens (primary N) is 1. The van der Waals surface area contributed by atoms with E-state index < -0.39 is 23.8 Å². The van der Waals surface area contributed by atoms with Gasteiger partial charge in [0.05, 0.1) is 12.1 Å². The van der Waals surface area contributed by atoms with Crippen molar-refractivity contribution in [2.75, 3.05) is 12.3 Å². The van der Waals surface area contributed by atoms with Crippen LogP contribution >= 0.6 is 0 Å². The molecule has 37 heavy (non-hydrogen) atoms. The summed E-state index contributed by atoms with van der Waals surface area (Å²) in [6.07, 6.45) is 2.93. The predicted octanol–water partition coefficient (Wildman–Crippen LogP) is 4.85. The quantitative estimate of drug-likeness (QED) is 0.312. The highest BCUT2D eigenvalue weighted by molar-refractivity contribution is 5.74. The Balaban J connectivity index is 1.55. The summed E-state index contributed by atoms with van der Waals surface area (Å²) in [5.74, 6) is -1.69. The van der Waals surface area contributed by atoms with Gasteiger partial charge >= 0.3 is 0 Å². The Bertz CT molecular complexity index is 1240. The minimum absolute atomic E-state index is 0.0364. The van der Waals surface area contributed by atoms with Crippen molar-refractivity contribution in [1.82, 2.24) is 10.6 Å². The van der Waals surface area contributed by atoms with Gasteiger partial charge in [0.1, 0.15) is 11.6 Å². The van der Waals surface area contributed by atoms with Crippen molar-refractivity contribution in [2.24, 2.45) is 0 Å². The van der Waals surface area contributed by atoms with Gasteiger partial charge in [-0.3, -0.25) is 4.79 Å². The van der Waals surface area contributed by atoms with Crippen LogP contribution < -0.4 is 16.4 Å². The molecule has 3 aromatic carbocycles. The molecule has 0 aliphatic heterocycles. The number of aliphatic hydroxyl groups excluding tert-OH is 1. The number of amides is 1. The Morgan fingerprint density at radius 1 is 1.11 bits per heavy atom. The van der Waals surface area contributed by atoms with Gasteiger partial charge < -0.3 is 21.5 Å². The molecule has 5 N–H and O–H groups in total. The molecule has 1 aliphatic carbocycles. The zero-order chi connectivity index (χ0) is 26.5. The second-order valence-electron chi connectivity index (χ2n) is 9.90. The van der Waals surface area contributed by atoms with E-state index in [1.807, 2.05) is 18.2 Å². The topological polar surface area (TPSA) is 87.4 Å². The van der Waals surface area contributed by atoms with Crippen molar-refractivity contribution in [3.05, 3.63) is 88.5 Å². The number of carbonyl (C=O) groups excluding carboxylic acids is 1. The van der Waals surface area contributed by atoms with E-state index in [2.05, 4.69) is 35.8 Å². The van der Waals surface area contributed by atoms with Gasteiger partial charge in [-0.25, -0.2) is 8.78 Å². The molecule has 0 radical (unpaired) electrons. The fraction of sp³-hybridized carbons (Fsp3) is 0.367. The summed E-state index contributed by atoms with van der Waals surface area (Å²) >= 11 is 0. The lowest BCUT2D eigenvalue weighted by Crippen LogP contribution is -2.48. The van der Waals surface area contributed by atoms with Gasteiger partial charge in [0, 0.05) is 31.3 Å². The smallest absolute Gasteiger partial charge is 0.217 e. The van der Waals surface area contributed by atoms with E-state index in [9.17, 15) is 18.7 Å². The third-order valence-electron chi connectivity index (χ3n) is 7.05. The van der Waals surface area contributed by atoms with E-state index in [4.69, 9.17) is 5.73 Å². The van der Waals surface area contributed by atoms with Crippen LogP contribution in [0.2, 0.25) is 0 Å². The van der Waals surface area contributed by atoms with Crippen LogP contribution in [-0.4, -0.2) is 29.7 Å². The van der Waals surface area contributed by atoms with Crippen LogP contribution in [0, 0.1) is 11.6 Å². The molecule has 0 spiro atoms. The molecule has 0 aromatic heterocycles. The number of fused-ring (bicyclic) bond motifs is 1. The van der Waals surface area contributed by atoms with Crippen LogP contribution in [0.15, 0.2) is 54.6 Å². The second-order valence-corrected chi connectivity index (χ2v) is 9.90. The van der Waals surface area contributed by atoms with Crippen molar-refractivity contribution >= 4 is 11.6 Å². The number of hydrogen-bond donors (Lipinski definition) is 4. The lowest BCUT2D eigenvalue weighted by atomic mass is 9.81. The largest absolute Gasteiger partial charge is 0.399 e. The number of nitrogen functional groups attached to an aromatic ring is 1. The number of halogens is 2. The highest BCUT2D eigenvalue weighted by atomic mass is 19.1. The predicted molar refractivity (Wildman–Crippen MR) is 143 cm³/mol. The standard InChI is InChI=1S/C30H35F2N3O2/c1-3-19-12-26(21-6-4-7-24(33)15-21)25-8-5-9-28(27(25)13-19)34-17-30(37)29(35-18(2)36)14-20-10-22(31)16-23(32)11-20/h4,6-7,10-13,15-16,28-30,34,37H,3,5,8-9,14,17,33H2,1-2H3,(H,35,36). The van der Waals surface area contributed by atoms with Gasteiger partial charge in [-0.05, 0) is 89.8 Å². The zero-order valence-electron chi connectivity index (χ0n) is 21.4. The lowest BCUT2D eigenvalue weighted by molar-refractivity contribution is -0.120. The average molecular weight is 508 g/mol. The maximum atomic E-state index is 13.7. The number of anilines is 1. The first-order valence-corrected chi connectivity index (χ1v) is 12.9. The van der Waals surface area contributed by atoms with Crippen molar-refractivity contribution in [3.63, 3.8) is 0 Å². The van der Waals surface area contributed by atoms with E-state index in [-0.39, 0.29) is 24.9 Å². The Labute approximate surface area is 217 Å². The molecule has 0 heterocycles. The summed E-state index contributed by atoms with van der Waals surface area (Å²) in [6, 6.07) is 15.0. The van der Waals surface area contributed by atoms with Crippen LogP contribution in [0.5, 0.6) is 0 Å². The Morgan fingerprint density at radius 3 is 2.54 bits per heavy atom. The molecule has 0 saturated carbocycles. The average Bonchev–Trinajstić information content (AvgIpc) is 2.85. The van der Waals surface area contributed by atoms with Gasteiger partial charge in [-0.1, -0.05) is 31.2 Å². The molecule has 3 atom stereocenters. The zero-order valence-corrected chi connectivity index (χ0v) is 21.4. The highest BCUT2D eigenvalue weighted by Gasteiger charge is 2.27. The Kier molecular flexibility index (Phi) is 8.56. The summed E-state index contributed by atoms with van der Waals surface area (Å²) in [5.41, 5.74) is 13.2. The summed E-state index contributed by atoms with van der Waals surface area (Å²) in [6.45, 7) is 3.71. The van der Waals surface area contributed by atoms with E-state index in [0.717, 1.165) is 43.0 Å². The number of nitrogens with one attached hydrogen (secondary N) is 2. The van der Waals surface area contributed by atoms with E-state index in [1.165, 1.54) is 41.3 Å². The molecular weight excluding hydrogens is 472 g/mol. The fourth-order valence-electron chi connectivity index (χ4n) is 5.30. The lowest BCUT2D eigenvalue weighted by Gasteiger charge is -2.31. The molecular formula is C30H35F2N3O2. The summed E-state index contributed by atoms with van der Waals surface area (Å²) < 4.78 is 27.4. The third-order valence-corrected chi connectivity index (χ3v) is 7.05. The number of aryl methyl sites for hydroxylation is 1. The monoisotopic (exact) mass is 507 g/mol. The maximum Gasteiger partial charge on any atom is 0.217 e. The van der Waals surface area contributed by atoms with E-state index in [0.29, 0.717) is 5.56 Å². The fourth-order valence-corrected chi connectivity index (χ4v) is 5.30. The van der Waals surface area contributed by atoms with Crippen LogP contribution in [-0.2, 0) is 24.1 Å². The second kappa shape index (κ2) is 11.8. The number of carbonyl (C=O) groups is 1. The maximum absolute atomic E-state index is 13.7. The van der Waals surface area contributed by atoms with Gasteiger partial charge in [-0.2, -0.15) is 0 Å². The minimum Gasteiger partial charge on any atom is -0.399 e. The molecule has 1 amide bonds. The SMILES string of the molecule is CCc1cc(-c2cccc(N)c2)c2c(c1)C(NCC(O)C(Cc1cc(F)cc(F)c1)NC(C)=O)CCC2. The Hall–Kier alpha value is -3.29. The van der Waals surface area contributed by atoms with Crippen LogP contribution in [0.4, 0.5) is 14.5 Å². The van der Waals surface area contributed by atoms with E-state index in [1.54, 1.807) is 0 Å². The third kappa shape index (κ3) is 6.73. The molecule has 0 fully saturated rings. The number of rotatable bonds is 9. The molecule has 196 valence electrons. The van der Waals surface area contributed by atoms with Gasteiger partial charge in [0.25, 0.3) is 0 Å². The van der Waals surface area contributed by atoms with E-state index >= 15 is 0 Å².